The molecule has 74 valence electrons. The quantitative estimate of drug-likeness (QED) is 0.613. The second-order valence-electron chi connectivity index (χ2n) is 4.65. The van der Waals surface area contributed by atoms with Crippen molar-refractivity contribution < 1.29 is 5.48 Å². The van der Waals surface area contributed by atoms with E-state index in [-0.39, 0.29) is 5.48 Å². The molecule has 1 rings (SSSR count). The molecule has 2 atom stereocenters. The average Bonchev–Trinajstić information content (AvgIpc) is 1.93. The van der Waals surface area contributed by atoms with Crippen LogP contribution in [0.25, 0.3) is 0 Å². The second-order valence-corrected chi connectivity index (χ2v) is 4.65. The van der Waals surface area contributed by atoms with Crippen molar-refractivity contribution in [2.24, 2.45) is 17.8 Å². The van der Waals surface area contributed by atoms with Crippen molar-refractivity contribution in [1.29, 1.82) is 0 Å². The molecule has 2 unspecified atom stereocenters. The third-order valence-electron chi connectivity index (χ3n) is 3.06. The van der Waals surface area contributed by atoms with Crippen LogP contribution in [0.2, 0.25) is 0 Å². The molecule has 0 aromatic heterocycles. The molecule has 0 saturated heterocycles. The monoisotopic (exact) mass is 172 g/mol. The first kappa shape index (κ1) is 12.0. The lowest BCUT2D eigenvalue weighted by Crippen LogP contribution is -2.18. The minimum Gasteiger partial charge on any atom is -0.412 e. The van der Waals surface area contributed by atoms with E-state index in [0.717, 1.165) is 17.8 Å². The van der Waals surface area contributed by atoms with Gasteiger partial charge in [-0.1, -0.05) is 46.5 Å². The van der Waals surface area contributed by atoms with Crippen LogP contribution in [0.15, 0.2) is 0 Å². The largest absolute Gasteiger partial charge is 0.412 e. The minimum atomic E-state index is 0. The first-order valence-electron chi connectivity index (χ1n) is 5.20. The van der Waals surface area contributed by atoms with Gasteiger partial charge in [-0.3, -0.25) is 0 Å². The maximum atomic E-state index is 2.44. The predicted molar refractivity (Wildman–Crippen MR) is 54.2 cm³/mol. The van der Waals surface area contributed by atoms with Gasteiger partial charge in [-0.2, -0.15) is 0 Å². The second kappa shape index (κ2) is 5.58. The van der Waals surface area contributed by atoms with Crippen molar-refractivity contribution in [3.63, 3.8) is 0 Å². The standard InChI is InChI=1S/C11H22.H2O/c1-9(2)8-11-7-5-4-6-10(11)3;/h9-11H,4-8H2,1-3H3;1H2. The average molecular weight is 172 g/mol. The van der Waals surface area contributed by atoms with Gasteiger partial charge in [0.15, 0.2) is 0 Å². The topological polar surface area (TPSA) is 31.5 Å². The molecule has 0 aromatic carbocycles. The molecule has 1 heteroatoms. The number of rotatable bonds is 2. The molecule has 2 N–H and O–H groups in total. The maximum Gasteiger partial charge on any atom is -0.0386 e. The highest BCUT2D eigenvalue weighted by molar-refractivity contribution is 4.72. The van der Waals surface area contributed by atoms with Crippen LogP contribution in [0.3, 0.4) is 0 Å². The Hall–Kier alpha value is -0.0400. The molecule has 1 saturated carbocycles. The fourth-order valence-corrected chi connectivity index (χ4v) is 2.35. The Balaban J connectivity index is 0.00000121. The van der Waals surface area contributed by atoms with E-state index >= 15 is 0 Å². The first-order valence-corrected chi connectivity index (χ1v) is 5.20. The zero-order valence-corrected chi connectivity index (χ0v) is 8.77. The van der Waals surface area contributed by atoms with Crippen molar-refractivity contribution in [3.8, 4) is 0 Å². The molecule has 1 nitrogen and oxygen atoms in total. The molecule has 1 fully saturated rings. The third-order valence-corrected chi connectivity index (χ3v) is 3.06. The minimum absolute atomic E-state index is 0. The van der Waals surface area contributed by atoms with E-state index in [4.69, 9.17) is 0 Å². The van der Waals surface area contributed by atoms with Gasteiger partial charge in [0.2, 0.25) is 0 Å². The Morgan fingerprint density at radius 1 is 1.17 bits per heavy atom. The molecule has 1 aliphatic rings. The summed E-state index contributed by atoms with van der Waals surface area (Å²) < 4.78 is 0. The summed E-state index contributed by atoms with van der Waals surface area (Å²) in [4.78, 5) is 0. The third kappa shape index (κ3) is 3.57. The normalized spacial score (nSPS) is 30.0. The molecule has 1 aliphatic carbocycles. The fourth-order valence-electron chi connectivity index (χ4n) is 2.35. The molecule has 0 radical (unpaired) electrons. The zero-order valence-electron chi connectivity index (χ0n) is 8.77. The van der Waals surface area contributed by atoms with E-state index in [1.165, 1.54) is 32.1 Å². The van der Waals surface area contributed by atoms with Gasteiger partial charge in [0.25, 0.3) is 0 Å². The Morgan fingerprint density at radius 3 is 2.25 bits per heavy atom. The molecule has 0 heterocycles. The summed E-state index contributed by atoms with van der Waals surface area (Å²) in [5, 5.41) is 0. The Labute approximate surface area is 76.9 Å². The predicted octanol–water partition coefficient (Wildman–Crippen LogP) is 3.03. The Bertz CT molecular complexity index is 110. The Kier molecular flexibility index (Phi) is 5.56. The lowest BCUT2D eigenvalue weighted by molar-refractivity contribution is 0.220. The SMILES string of the molecule is CC(C)CC1CCCCC1C.O. The van der Waals surface area contributed by atoms with Gasteiger partial charge in [-0.15, -0.1) is 0 Å². The van der Waals surface area contributed by atoms with E-state index in [1.54, 1.807) is 0 Å². The van der Waals surface area contributed by atoms with Crippen molar-refractivity contribution in [3.05, 3.63) is 0 Å². The molecule has 0 amide bonds. The lowest BCUT2D eigenvalue weighted by Gasteiger charge is -2.29. The smallest absolute Gasteiger partial charge is 0.0386 e. The highest BCUT2D eigenvalue weighted by Gasteiger charge is 2.21. The van der Waals surface area contributed by atoms with Crippen LogP contribution in [0.1, 0.15) is 52.9 Å². The van der Waals surface area contributed by atoms with Crippen LogP contribution in [0.5, 0.6) is 0 Å². The molecule has 0 aliphatic heterocycles. The highest BCUT2D eigenvalue weighted by Crippen LogP contribution is 2.33. The van der Waals surface area contributed by atoms with Crippen molar-refractivity contribution >= 4 is 0 Å². The fraction of sp³-hybridized carbons (Fsp3) is 1.00. The van der Waals surface area contributed by atoms with Gasteiger partial charge in [0.05, 0.1) is 0 Å². The van der Waals surface area contributed by atoms with Gasteiger partial charge in [-0.05, 0) is 24.2 Å². The van der Waals surface area contributed by atoms with Crippen LogP contribution in [0, 0.1) is 17.8 Å². The zero-order chi connectivity index (χ0) is 8.27. The highest BCUT2D eigenvalue weighted by atomic mass is 16.0. The summed E-state index contributed by atoms with van der Waals surface area (Å²) in [5.41, 5.74) is 0. The van der Waals surface area contributed by atoms with E-state index in [9.17, 15) is 0 Å². The first-order chi connectivity index (χ1) is 5.20. The van der Waals surface area contributed by atoms with Gasteiger partial charge >= 0.3 is 0 Å². The number of hydrogen-bond donors (Lipinski definition) is 0. The van der Waals surface area contributed by atoms with Crippen LogP contribution < -0.4 is 0 Å². The summed E-state index contributed by atoms with van der Waals surface area (Å²) in [6.07, 6.45) is 7.41. The summed E-state index contributed by atoms with van der Waals surface area (Å²) in [6.45, 7) is 7.13. The van der Waals surface area contributed by atoms with E-state index in [2.05, 4.69) is 20.8 Å². The van der Waals surface area contributed by atoms with Crippen molar-refractivity contribution in [1.82, 2.24) is 0 Å². The molecule has 0 aromatic rings. The van der Waals surface area contributed by atoms with Gasteiger partial charge in [0, 0.05) is 0 Å². The van der Waals surface area contributed by atoms with Gasteiger partial charge in [-0.25, -0.2) is 0 Å². The van der Waals surface area contributed by atoms with E-state index in [1.807, 2.05) is 0 Å². The Morgan fingerprint density at radius 2 is 1.75 bits per heavy atom. The summed E-state index contributed by atoms with van der Waals surface area (Å²) in [6, 6.07) is 0. The summed E-state index contributed by atoms with van der Waals surface area (Å²) >= 11 is 0. The van der Waals surface area contributed by atoms with Crippen LogP contribution in [-0.2, 0) is 0 Å². The molecule has 12 heavy (non-hydrogen) atoms. The van der Waals surface area contributed by atoms with Crippen molar-refractivity contribution in [2.75, 3.05) is 0 Å². The molecular formula is C11H24O. The number of hydrogen-bond acceptors (Lipinski definition) is 0. The van der Waals surface area contributed by atoms with Crippen LogP contribution >= 0.6 is 0 Å². The molecular weight excluding hydrogens is 148 g/mol. The van der Waals surface area contributed by atoms with Crippen LogP contribution in [-0.4, -0.2) is 5.48 Å². The maximum absolute atomic E-state index is 2.44. The van der Waals surface area contributed by atoms with Gasteiger partial charge < -0.3 is 5.48 Å². The molecule has 0 bridgehead atoms. The summed E-state index contributed by atoms with van der Waals surface area (Å²) in [7, 11) is 0. The summed E-state index contributed by atoms with van der Waals surface area (Å²) in [5.74, 6) is 2.95. The van der Waals surface area contributed by atoms with E-state index in [0.29, 0.717) is 0 Å². The molecule has 0 spiro atoms. The van der Waals surface area contributed by atoms with Gasteiger partial charge in [0.1, 0.15) is 0 Å². The van der Waals surface area contributed by atoms with E-state index < -0.39 is 0 Å². The lowest BCUT2D eigenvalue weighted by atomic mass is 9.76. The van der Waals surface area contributed by atoms with Crippen LogP contribution in [0.4, 0.5) is 0 Å². The van der Waals surface area contributed by atoms with Crippen molar-refractivity contribution in [2.45, 2.75) is 52.9 Å².